The van der Waals surface area contributed by atoms with E-state index in [0.29, 0.717) is 0 Å². The Balaban J connectivity index is 1.30. The first kappa shape index (κ1) is 18.1. The van der Waals surface area contributed by atoms with Crippen LogP contribution >= 0.6 is 0 Å². The van der Waals surface area contributed by atoms with Gasteiger partial charge in [-0.3, -0.25) is 4.98 Å². The lowest BCUT2D eigenvalue weighted by atomic mass is 10.1. The molecular formula is C25H17N7. The van der Waals surface area contributed by atoms with Crippen LogP contribution in [0.1, 0.15) is 22.8 Å². The minimum absolute atomic E-state index is 0.753. The maximum atomic E-state index is 4.56. The highest BCUT2D eigenvalue weighted by Gasteiger charge is 2.10. The fourth-order valence-corrected chi connectivity index (χ4v) is 3.72. The molecule has 4 aromatic rings. The zero-order valence-corrected chi connectivity index (χ0v) is 16.9. The molecule has 0 atom stereocenters. The fourth-order valence-electron chi connectivity index (χ4n) is 3.72. The largest absolute Gasteiger partial charge is 0.302 e. The number of fused-ring (bicyclic) bond motifs is 3. The summed E-state index contributed by atoms with van der Waals surface area (Å²) < 4.78 is 4.06. The van der Waals surface area contributed by atoms with Crippen molar-refractivity contribution in [3.8, 4) is 11.3 Å². The van der Waals surface area contributed by atoms with Crippen molar-refractivity contribution < 1.29 is 0 Å². The van der Waals surface area contributed by atoms with Gasteiger partial charge in [0.1, 0.15) is 17.0 Å². The summed E-state index contributed by atoms with van der Waals surface area (Å²) in [4.78, 5) is 13.3. The summed E-state index contributed by atoms with van der Waals surface area (Å²) in [5.41, 5.74) is 7.22. The lowest BCUT2D eigenvalue weighted by Crippen LogP contribution is -1.87. The van der Waals surface area contributed by atoms with Crippen molar-refractivity contribution in [2.24, 2.45) is 0 Å². The molecule has 0 saturated heterocycles. The Hall–Kier alpha value is -4.65. The van der Waals surface area contributed by atoms with Crippen LogP contribution in [0, 0.1) is 0 Å². The number of nitrogens with zero attached hydrogens (tertiary/aromatic N) is 7. The lowest BCUT2D eigenvalue weighted by Gasteiger charge is -1.96. The second-order valence-electron chi connectivity index (χ2n) is 7.28. The van der Waals surface area contributed by atoms with Crippen LogP contribution in [0.25, 0.3) is 46.9 Å². The van der Waals surface area contributed by atoms with Crippen molar-refractivity contribution in [1.82, 2.24) is 34.0 Å². The molecule has 0 amide bonds. The monoisotopic (exact) mass is 415 g/mol. The summed E-state index contributed by atoms with van der Waals surface area (Å²) in [6.07, 6.45) is 17.3. The van der Waals surface area contributed by atoms with Gasteiger partial charge in [0, 0.05) is 41.7 Å². The molecule has 2 aliphatic heterocycles. The Morgan fingerprint density at radius 2 is 1.31 bits per heavy atom. The summed E-state index contributed by atoms with van der Waals surface area (Å²) in [5, 5.41) is 8.62. The second-order valence-corrected chi connectivity index (χ2v) is 7.28. The molecule has 0 aliphatic carbocycles. The van der Waals surface area contributed by atoms with Gasteiger partial charge < -0.3 is 8.80 Å². The van der Waals surface area contributed by atoms with E-state index in [1.165, 1.54) is 0 Å². The van der Waals surface area contributed by atoms with Crippen molar-refractivity contribution in [2.75, 3.05) is 0 Å². The minimum Gasteiger partial charge on any atom is -0.302 e. The fraction of sp³-hybridized carbons (Fsp3) is 0. The van der Waals surface area contributed by atoms with Crippen LogP contribution in [0.15, 0.2) is 79.5 Å². The molecule has 0 aromatic carbocycles. The van der Waals surface area contributed by atoms with Crippen LogP contribution < -0.4 is 0 Å². The van der Waals surface area contributed by atoms with Crippen molar-refractivity contribution >= 4 is 35.6 Å². The molecule has 0 radical (unpaired) electrons. The van der Waals surface area contributed by atoms with E-state index in [1.54, 1.807) is 18.6 Å². The SMILES string of the molecule is C(=C\c1ccc2ncccn12)/c1ccc2c(/C=C/c3ccc4ncccn34)nnc-2cn1. The molecule has 0 saturated carbocycles. The Labute approximate surface area is 183 Å². The van der Waals surface area contributed by atoms with Gasteiger partial charge in [-0.1, -0.05) is 0 Å². The summed E-state index contributed by atoms with van der Waals surface area (Å²) in [6.45, 7) is 0. The number of hydrogen-bond donors (Lipinski definition) is 0. The first-order chi connectivity index (χ1) is 15.8. The summed E-state index contributed by atoms with van der Waals surface area (Å²) >= 11 is 0. The van der Waals surface area contributed by atoms with Gasteiger partial charge in [-0.05, 0) is 72.8 Å². The maximum absolute atomic E-state index is 4.56. The summed E-state index contributed by atoms with van der Waals surface area (Å²) in [7, 11) is 0. The van der Waals surface area contributed by atoms with Gasteiger partial charge in [0.15, 0.2) is 0 Å². The molecule has 7 heteroatoms. The van der Waals surface area contributed by atoms with Crippen molar-refractivity contribution in [3.63, 3.8) is 0 Å². The topological polar surface area (TPSA) is 73.3 Å². The Morgan fingerprint density at radius 1 is 0.625 bits per heavy atom. The molecule has 0 unspecified atom stereocenters. The van der Waals surface area contributed by atoms with Crippen LogP contribution in [-0.2, 0) is 0 Å². The van der Waals surface area contributed by atoms with Gasteiger partial charge in [-0.2, -0.15) is 0 Å². The van der Waals surface area contributed by atoms with E-state index >= 15 is 0 Å². The molecule has 2 aliphatic rings. The highest BCUT2D eigenvalue weighted by Crippen LogP contribution is 2.24. The number of aromatic nitrogens is 7. The predicted octanol–water partition coefficient (Wildman–Crippen LogP) is 4.61. The third-order valence-corrected chi connectivity index (χ3v) is 5.32. The highest BCUT2D eigenvalue weighted by atomic mass is 15.1. The third kappa shape index (κ3) is 3.22. The van der Waals surface area contributed by atoms with Crippen molar-refractivity contribution in [2.45, 2.75) is 0 Å². The summed E-state index contributed by atoms with van der Waals surface area (Å²) in [6, 6.07) is 15.9. The van der Waals surface area contributed by atoms with E-state index in [4.69, 9.17) is 0 Å². The average Bonchev–Trinajstić information content (AvgIpc) is 3.51. The Morgan fingerprint density at radius 3 is 2.03 bits per heavy atom. The molecule has 0 fully saturated rings. The number of hydrogen-bond acceptors (Lipinski definition) is 5. The van der Waals surface area contributed by atoms with Gasteiger partial charge in [-0.25, -0.2) is 9.97 Å². The van der Waals surface area contributed by atoms with E-state index in [1.807, 2.05) is 94.0 Å². The van der Waals surface area contributed by atoms with E-state index in [9.17, 15) is 0 Å². The number of rotatable bonds is 4. The Bertz CT molecular complexity index is 1590. The molecule has 7 nitrogen and oxygen atoms in total. The average molecular weight is 415 g/mol. The van der Waals surface area contributed by atoms with E-state index in [2.05, 4.69) is 25.1 Å². The molecule has 32 heavy (non-hydrogen) atoms. The third-order valence-electron chi connectivity index (χ3n) is 5.32. The smallest absolute Gasteiger partial charge is 0.137 e. The van der Waals surface area contributed by atoms with Gasteiger partial charge in [0.2, 0.25) is 0 Å². The first-order valence-electron chi connectivity index (χ1n) is 10.2. The zero-order valence-electron chi connectivity index (χ0n) is 16.9. The molecule has 152 valence electrons. The maximum Gasteiger partial charge on any atom is 0.137 e. The molecule has 6 rings (SSSR count). The predicted molar refractivity (Wildman–Crippen MR) is 125 cm³/mol. The second kappa shape index (κ2) is 7.55. The van der Waals surface area contributed by atoms with Gasteiger partial charge in [-0.15, -0.1) is 10.2 Å². The van der Waals surface area contributed by atoms with Crippen molar-refractivity contribution in [3.05, 3.63) is 102 Å². The Kier molecular flexibility index (Phi) is 4.28. The molecule has 0 spiro atoms. The van der Waals surface area contributed by atoms with Gasteiger partial charge in [0.05, 0.1) is 17.6 Å². The van der Waals surface area contributed by atoms with Crippen LogP contribution in [0.4, 0.5) is 0 Å². The standard InChI is InChI=1S/C25H17N7/c1-13-26-24-11-7-19(31(24)15-1)5-3-18-4-9-21-22(29-30-23(21)17-28-18)10-6-20-8-12-25-27-14-2-16-32(20)25/h1-17H/b5-3+,10-6+. The lowest BCUT2D eigenvalue weighted by molar-refractivity contribution is 1.08. The van der Waals surface area contributed by atoms with Crippen LogP contribution in [0.5, 0.6) is 0 Å². The highest BCUT2D eigenvalue weighted by molar-refractivity contribution is 5.78. The normalized spacial score (nSPS) is 12.1. The molecule has 4 aromatic heterocycles. The molecule has 6 heterocycles. The van der Waals surface area contributed by atoms with Gasteiger partial charge >= 0.3 is 0 Å². The zero-order chi connectivity index (χ0) is 21.3. The molecule has 0 N–H and O–H groups in total. The van der Waals surface area contributed by atoms with E-state index < -0.39 is 0 Å². The van der Waals surface area contributed by atoms with E-state index in [-0.39, 0.29) is 0 Å². The first-order valence-corrected chi connectivity index (χ1v) is 10.2. The quantitative estimate of drug-likeness (QED) is 0.420. The van der Waals surface area contributed by atoms with Gasteiger partial charge in [0.25, 0.3) is 0 Å². The van der Waals surface area contributed by atoms with E-state index in [0.717, 1.165) is 45.3 Å². The molecular weight excluding hydrogens is 398 g/mol. The van der Waals surface area contributed by atoms with Crippen LogP contribution in [-0.4, -0.2) is 34.0 Å². The summed E-state index contributed by atoms with van der Waals surface area (Å²) in [5.74, 6) is 0. The van der Waals surface area contributed by atoms with Crippen molar-refractivity contribution in [1.29, 1.82) is 0 Å². The van der Waals surface area contributed by atoms with Crippen LogP contribution in [0.2, 0.25) is 0 Å². The van der Waals surface area contributed by atoms with Crippen LogP contribution in [0.3, 0.4) is 0 Å². The minimum atomic E-state index is 0.753. The molecule has 0 bridgehead atoms.